The Morgan fingerprint density at radius 2 is 1.73 bits per heavy atom. The molecular weight excluding hydrogens is 562 g/mol. The highest BCUT2D eigenvalue weighted by Gasteiger charge is 2.32. The first-order valence-electron chi connectivity index (χ1n) is 11.4. The molecule has 0 heterocycles. The normalized spacial score (nSPS) is 11.6. The predicted molar refractivity (Wildman–Crippen MR) is 135 cm³/mol. The molecule has 0 aliphatic rings. The van der Waals surface area contributed by atoms with Crippen molar-refractivity contribution in [3.05, 3.63) is 87.2 Å². The number of hydrogen-bond donors (Lipinski definition) is 2. The van der Waals surface area contributed by atoms with Crippen LogP contribution in [0.5, 0.6) is 11.5 Å². The van der Waals surface area contributed by atoms with Gasteiger partial charge in [-0.2, -0.15) is 0 Å². The molecule has 0 aliphatic carbocycles. The van der Waals surface area contributed by atoms with E-state index in [1.165, 1.54) is 56.5 Å². The Hall–Kier alpha value is -4.40. The van der Waals surface area contributed by atoms with Crippen LogP contribution in [0.25, 0.3) is 0 Å². The van der Waals surface area contributed by atoms with Crippen molar-refractivity contribution >= 4 is 27.3 Å². The maximum absolute atomic E-state index is 13.8. The lowest BCUT2D eigenvalue weighted by atomic mass is 10.1. The Labute approximate surface area is 226 Å². The Morgan fingerprint density at radius 3 is 2.33 bits per heavy atom. The summed E-state index contributed by atoms with van der Waals surface area (Å²) in [5.41, 5.74) is 1.08. The van der Waals surface area contributed by atoms with Gasteiger partial charge in [-0.15, -0.1) is 13.2 Å². The maximum Gasteiger partial charge on any atom is 0.573 e. The maximum atomic E-state index is 13.8. The molecular formula is C25H23F4N3O7S. The molecule has 214 valence electrons. The zero-order valence-corrected chi connectivity index (χ0v) is 21.9. The number of non-ortho nitro benzene ring substituents is 1. The van der Waals surface area contributed by atoms with Gasteiger partial charge < -0.3 is 14.8 Å². The molecule has 0 fully saturated rings. The number of nitrogens with zero attached hydrogens (tertiary/aromatic N) is 1. The van der Waals surface area contributed by atoms with Crippen LogP contribution >= 0.6 is 0 Å². The van der Waals surface area contributed by atoms with Gasteiger partial charge in [0, 0.05) is 25.1 Å². The summed E-state index contributed by atoms with van der Waals surface area (Å²) in [7, 11) is -2.87. The number of nitrogens with one attached hydrogen (secondary N) is 2. The highest BCUT2D eigenvalue weighted by molar-refractivity contribution is 7.92. The van der Waals surface area contributed by atoms with E-state index >= 15 is 0 Å². The average Bonchev–Trinajstić information content (AvgIpc) is 2.87. The molecule has 0 radical (unpaired) electrons. The lowest BCUT2D eigenvalue weighted by molar-refractivity contribution is -0.384. The van der Waals surface area contributed by atoms with Crippen molar-refractivity contribution in [2.45, 2.75) is 37.6 Å². The van der Waals surface area contributed by atoms with Gasteiger partial charge >= 0.3 is 6.36 Å². The number of alkyl halides is 3. The minimum atomic E-state index is -5.04. The van der Waals surface area contributed by atoms with E-state index in [9.17, 15) is 40.9 Å². The molecule has 2 N–H and O–H groups in total. The number of carbonyl (C=O) groups is 1. The first-order chi connectivity index (χ1) is 18.7. The number of ether oxygens (including phenoxy) is 2. The average molecular weight is 586 g/mol. The molecule has 3 aromatic rings. The fraction of sp³-hybridized carbons (Fsp3) is 0.240. The minimum Gasteiger partial charge on any atom is -0.495 e. The smallest absolute Gasteiger partial charge is 0.495 e. The van der Waals surface area contributed by atoms with Crippen LogP contribution in [-0.2, 0) is 27.8 Å². The van der Waals surface area contributed by atoms with E-state index in [4.69, 9.17) is 4.74 Å². The number of rotatable bonds is 11. The molecule has 3 aromatic carbocycles. The van der Waals surface area contributed by atoms with Crippen molar-refractivity contribution in [2.75, 3.05) is 11.8 Å². The van der Waals surface area contributed by atoms with Gasteiger partial charge in [0.05, 0.1) is 17.7 Å². The van der Waals surface area contributed by atoms with Gasteiger partial charge in [-0.3, -0.25) is 19.6 Å². The number of hydrogen-bond acceptors (Lipinski definition) is 7. The molecule has 0 bridgehead atoms. The highest BCUT2D eigenvalue weighted by Crippen LogP contribution is 2.30. The SMILES string of the molecule is COc1cc(CCC(=O)NCc2ccc(OC(F)(F)F)c(F)c2)ccc1S(=O)(=O)Nc1ccc([N+](=O)[O-])cc1C. The highest BCUT2D eigenvalue weighted by atomic mass is 32.2. The monoisotopic (exact) mass is 585 g/mol. The van der Waals surface area contributed by atoms with Crippen molar-refractivity contribution in [2.24, 2.45) is 0 Å². The molecule has 15 heteroatoms. The molecule has 3 rings (SSSR count). The minimum absolute atomic E-state index is 0.00149. The van der Waals surface area contributed by atoms with E-state index in [0.29, 0.717) is 11.1 Å². The molecule has 0 atom stereocenters. The Bertz CT molecular complexity index is 1530. The van der Waals surface area contributed by atoms with Crippen molar-refractivity contribution < 1.29 is 45.2 Å². The van der Waals surface area contributed by atoms with Crippen LogP contribution in [0.1, 0.15) is 23.1 Å². The number of carbonyl (C=O) groups excluding carboxylic acids is 1. The van der Waals surface area contributed by atoms with E-state index in [1.807, 2.05) is 0 Å². The van der Waals surface area contributed by atoms with Crippen molar-refractivity contribution in [3.63, 3.8) is 0 Å². The van der Waals surface area contributed by atoms with Crippen LogP contribution in [0.15, 0.2) is 59.5 Å². The number of nitro benzene ring substituents is 1. The van der Waals surface area contributed by atoms with Crippen molar-refractivity contribution in [1.29, 1.82) is 0 Å². The number of benzene rings is 3. The molecule has 0 spiro atoms. The second-order valence-electron chi connectivity index (χ2n) is 8.44. The molecule has 1 amide bonds. The number of amides is 1. The summed E-state index contributed by atoms with van der Waals surface area (Å²) >= 11 is 0. The van der Waals surface area contributed by atoms with Crippen LogP contribution in [0, 0.1) is 22.9 Å². The fourth-order valence-electron chi connectivity index (χ4n) is 3.57. The van der Waals surface area contributed by atoms with Crippen molar-refractivity contribution in [3.8, 4) is 11.5 Å². The van der Waals surface area contributed by atoms with Crippen LogP contribution in [0.3, 0.4) is 0 Å². The molecule has 0 unspecified atom stereocenters. The van der Waals surface area contributed by atoms with Gasteiger partial charge in [0.25, 0.3) is 15.7 Å². The van der Waals surface area contributed by atoms with E-state index < -0.39 is 38.8 Å². The van der Waals surface area contributed by atoms with Gasteiger partial charge in [0.1, 0.15) is 10.6 Å². The third kappa shape index (κ3) is 8.05. The van der Waals surface area contributed by atoms with Gasteiger partial charge in [-0.05, 0) is 60.4 Å². The second kappa shape index (κ2) is 12.2. The number of sulfonamides is 1. The van der Waals surface area contributed by atoms with Gasteiger partial charge in [-0.1, -0.05) is 12.1 Å². The second-order valence-corrected chi connectivity index (χ2v) is 10.1. The number of anilines is 1. The molecule has 0 aromatic heterocycles. The standard InChI is InChI=1S/C25H23F4N3O7S/c1-15-11-18(32(34)35)6-7-20(15)31-40(36,37)23-9-4-16(13-22(23)38-2)5-10-24(33)30-14-17-3-8-21(19(26)12-17)39-25(27,28)29/h3-4,6-9,11-13,31H,5,10,14H2,1-2H3,(H,30,33). The third-order valence-electron chi connectivity index (χ3n) is 5.54. The summed E-state index contributed by atoms with van der Waals surface area (Å²) in [6.45, 7) is 1.38. The zero-order chi connectivity index (χ0) is 29.7. The largest absolute Gasteiger partial charge is 0.573 e. The number of methoxy groups -OCH3 is 1. The van der Waals surface area contributed by atoms with Gasteiger partial charge in [-0.25, -0.2) is 12.8 Å². The fourth-order valence-corrected chi connectivity index (χ4v) is 4.86. The first kappa shape index (κ1) is 30.1. The van der Waals surface area contributed by atoms with E-state index in [0.717, 1.165) is 12.1 Å². The lowest BCUT2D eigenvalue weighted by Gasteiger charge is -2.14. The number of nitro groups is 1. The van der Waals surface area contributed by atoms with Crippen LogP contribution in [-0.4, -0.2) is 32.7 Å². The molecule has 0 saturated heterocycles. The Kier molecular flexibility index (Phi) is 9.19. The lowest BCUT2D eigenvalue weighted by Crippen LogP contribution is -2.23. The quantitative estimate of drug-likeness (QED) is 0.184. The summed E-state index contributed by atoms with van der Waals surface area (Å²) in [4.78, 5) is 22.4. The summed E-state index contributed by atoms with van der Waals surface area (Å²) in [5, 5.41) is 13.4. The molecule has 10 nitrogen and oxygen atoms in total. The summed E-state index contributed by atoms with van der Waals surface area (Å²) in [6, 6.07) is 10.7. The molecule has 0 aliphatic heterocycles. The molecule has 40 heavy (non-hydrogen) atoms. The zero-order valence-electron chi connectivity index (χ0n) is 21.0. The first-order valence-corrected chi connectivity index (χ1v) is 12.9. The summed E-state index contributed by atoms with van der Waals surface area (Å²) in [6.07, 6.45) is -4.89. The van der Waals surface area contributed by atoms with Crippen LogP contribution in [0.2, 0.25) is 0 Å². The Balaban J connectivity index is 1.62. The summed E-state index contributed by atoms with van der Waals surface area (Å²) in [5.74, 6) is -2.66. The number of aryl methyl sites for hydroxylation is 2. The van der Waals surface area contributed by atoms with E-state index in [1.54, 1.807) is 0 Å². The van der Waals surface area contributed by atoms with Gasteiger partial charge in [0.2, 0.25) is 5.91 Å². The van der Waals surface area contributed by atoms with E-state index in [-0.39, 0.29) is 47.0 Å². The van der Waals surface area contributed by atoms with Gasteiger partial charge in [0.15, 0.2) is 11.6 Å². The number of halogens is 4. The predicted octanol–water partition coefficient (Wildman–Crippen LogP) is 5.00. The van der Waals surface area contributed by atoms with Crippen LogP contribution < -0.4 is 19.5 Å². The topological polar surface area (TPSA) is 137 Å². The van der Waals surface area contributed by atoms with Crippen LogP contribution in [0.4, 0.5) is 28.9 Å². The Morgan fingerprint density at radius 1 is 1.02 bits per heavy atom. The third-order valence-corrected chi connectivity index (χ3v) is 6.94. The van der Waals surface area contributed by atoms with Crippen molar-refractivity contribution in [1.82, 2.24) is 5.32 Å². The molecule has 0 saturated carbocycles. The summed E-state index contributed by atoms with van der Waals surface area (Å²) < 4.78 is 87.7. The van der Waals surface area contributed by atoms with E-state index in [2.05, 4.69) is 14.8 Å².